The van der Waals surface area contributed by atoms with Crippen LogP contribution in [0.3, 0.4) is 0 Å². The number of benzene rings is 2. The molecule has 0 aliphatic heterocycles. The lowest BCUT2D eigenvalue weighted by atomic mass is 10.2. The minimum Gasteiger partial charge on any atom is -0.478 e. The van der Waals surface area contributed by atoms with Crippen molar-refractivity contribution in [2.24, 2.45) is 10.2 Å². The van der Waals surface area contributed by atoms with Crippen molar-refractivity contribution in [3.63, 3.8) is 0 Å². The molecule has 2 rings (SSSR count). The van der Waals surface area contributed by atoms with E-state index in [1.807, 2.05) is 0 Å². The zero-order valence-corrected chi connectivity index (χ0v) is 10.5. The Balaban J connectivity index is 2.32. The van der Waals surface area contributed by atoms with Crippen molar-refractivity contribution in [3.05, 3.63) is 59.2 Å². The maximum absolute atomic E-state index is 13.5. The van der Waals surface area contributed by atoms with Gasteiger partial charge >= 0.3 is 5.97 Å². The molecule has 0 aromatic heterocycles. The first-order chi connectivity index (χ1) is 9.47. The van der Waals surface area contributed by atoms with Crippen LogP contribution in [0.4, 0.5) is 20.2 Å². The molecule has 0 aliphatic rings. The van der Waals surface area contributed by atoms with Gasteiger partial charge in [-0.25, -0.2) is 13.6 Å². The highest BCUT2D eigenvalue weighted by molar-refractivity contribution is 5.88. The van der Waals surface area contributed by atoms with Gasteiger partial charge < -0.3 is 5.11 Å². The second-order valence-corrected chi connectivity index (χ2v) is 4.11. The van der Waals surface area contributed by atoms with E-state index in [4.69, 9.17) is 5.11 Å². The molecule has 2 aromatic carbocycles. The maximum atomic E-state index is 13.5. The van der Waals surface area contributed by atoms with Crippen LogP contribution in [0.5, 0.6) is 0 Å². The number of carboxylic acids is 1. The number of rotatable bonds is 3. The van der Waals surface area contributed by atoms with Gasteiger partial charge in [0.25, 0.3) is 0 Å². The number of carbonyl (C=O) groups is 1. The predicted octanol–water partition coefficient (Wildman–Crippen LogP) is 4.39. The van der Waals surface area contributed by atoms with E-state index in [0.717, 1.165) is 6.07 Å². The Kier molecular flexibility index (Phi) is 3.84. The van der Waals surface area contributed by atoms with E-state index >= 15 is 0 Å². The van der Waals surface area contributed by atoms with Crippen LogP contribution in [0, 0.1) is 18.6 Å². The molecule has 0 saturated carbocycles. The second-order valence-electron chi connectivity index (χ2n) is 4.11. The van der Waals surface area contributed by atoms with Crippen LogP contribution in [0.25, 0.3) is 0 Å². The minimum atomic E-state index is -1.09. The number of hydrogen-bond donors (Lipinski definition) is 1. The molecular weight excluding hydrogens is 266 g/mol. The first-order valence-corrected chi connectivity index (χ1v) is 5.68. The summed E-state index contributed by atoms with van der Waals surface area (Å²) in [7, 11) is 0. The molecule has 1 N–H and O–H groups in total. The lowest BCUT2D eigenvalue weighted by Gasteiger charge is -2.00. The van der Waals surface area contributed by atoms with Crippen LogP contribution in [-0.2, 0) is 0 Å². The zero-order valence-electron chi connectivity index (χ0n) is 10.5. The number of nitrogens with zero attached hydrogens (tertiary/aromatic N) is 2. The number of aromatic carboxylic acids is 1. The van der Waals surface area contributed by atoms with Crippen LogP contribution in [0.1, 0.15) is 15.9 Å². The zero-order chi connectivity index (χ0) is 14.7. The van der Waals surface area contributed by atoms with Crippen LogP contribution in [0.15, 0.2) is 46.6 Å². The lowest BCUT2D eigenvalue weighted by Crippen LogP contribution is -1.94. The van der Waals surface area contributed by atoms with Gasteiger partial charge in [0.15, 0.2) is 5.82 Å². The van der Waals surface area contributed by atoms with Gasteiger partial charge in [0.1, 0.15) is 11.5 Å². The highest BCUT2D eigenvalue weighted by Crippen LogP contribution is 2.24. The smallest absolute Gasteiger partial charge is 0.335 e. The van der Waals surface area contributed by atoms with Gasteiger partial charge in [0.05, 0.1) is 11.3 Å². The van der Waals surface area contributed by atoms with Gasteiger partial charge in [-0.15, -0.1) is 5.11 Å². The largest absolute Gasteiger partial charge is 0.478 e. The molecule has 102 valence electrons. The Labute approximate surface area is 113 Å². The molecule has 4 nitrogen and oxygen atoms in total. The van der Waals surface area contributed by atoms with Crippen molar-refractivity contribution >= 4 is 17.3 Å². The van der Waals surface area contributed by atoms with Gasteiger partial charge in [-0.2, -0.15) is 5.11 Å². The maximum Gasteiger partial charge on any atom is 0.335 e. The highest BCUT2D eigenvalue weighted by Gasteiger charge is 2.07. The van der Waals surface area contributed by atoms with Gasteiger partial charge in [-0.3, -0.25) is 0 Å². The molecule has 0 bridgehead atoms. The molecular formula is C14H10F2N2O2. The third-order valence-electron chi connectivity index (χ3n) is 2.59. The number of azo groups is 1. The Morgan fingerprint density at radius 2 is 1.85 bits per heavy atom. The van der Waals surface area contributed by atoms with E-state index in [1.54, 1.807) is 0 Å². The highest BCUT2D eigenvalue weighted by atomic mass is 19.1. The number of carboxylic acid groups (broad SMARTS) is 1. The average molecular weight is 276 g/mol. The van der Waals surface area contributed by atoms with Gasteiger partial charge in [-0.05, 0) is 36.8 Å². The molecule has 20 heavy (non-hydrogen) atoms. The van der Waals surface area contributed by atoms with Crippen LogP contribution in [0.2, 0.25) is 0 Å². The van der Waals surface area contributed by atoms with Gasteiger partial charge in [0, 0.05) is 6.07 Å². The van der Waals surface area contributed by atoms with Crippen molar-refractivity contribution in [1.82, 2.24) is 0 Å². The SMILES string of the molecule is Cc1cc(N=Nc2cccc(C(=O)O)c2)c(F)cc1F. The first-order valence-electron chi connectivity index (χ1n) is 5.68. The molecule has 0 fully saturated rings. The van der Waals surface area contributed by atoms with Crippen molar-refractivity contribution in [1.29, 1.82) is 0 Å². The molecule has 0 amide bonds. The summed E-state index contributed by atoms with van der Waals surface area (Å²) in [6, 6.07) is 7.71. The number of hydrogen-bond acceptors (Lipinski definition) is 3. The van der Waals surface area contributed by atoms with Gasteiger partial charge in [0.2, 0.25) is 0 Å². The molecule has 0 aliphatic carbocycles. The third-order valence-corrected chi connectivity index (χ3v) is 2.59. The van der Waals surface area contributed by atoms with E-state index in [1.165, 1.54) is 37.3 Å². The fourth-order valence-electron chi connectivity index (χ4n) is 1.53. The van der Waals surface area contributed by atoms with Crippen molar-refractivity contribution < 1.29 is 18.7 Å². The molecule has 6 heteroatoms. The summed E-state index contributed by atoms with van der Waals surface area (Å²) in [6.45, 7) is 1.48. The number of halogens is 2. The molecule has 0 heterocycles. The van der Waals surface area contributed by atoms with E-state index < -0.39 is 17.6 Å². The fraction of sp³-hybridized carbons (Fsp3) is 0.0714. The molecule has 0 unspecified atom stereocenters. The van der Waals surface area contributed by atoms with Crippen molar-refractivity contribution in [2.75, 3.05) is 0 Å². The Morgan fingerprint density at radius 3 is 2.55 bits per heavy atom. The van der Waals surface area contributed by atoms with Crippen LogP contribution >= 0.6 is 0 Å². The molecule has 0 radical (unpaired) electrons. The van der Waals surface area contributed by atoms with E-state index in [0.29, 0.717) is 0 Å². The number of aryl methyl sites for hydroxylation is 1. The average Bonchev–Trinajstić information content (AvgIpc) is 2.41. The predicted molar refractivity (Wildman–Crippen MR) is 68.7 cm³/mol. The van der Waals surface area contributed by atoms with Gasteiger partial charge in [-0.1, -0.05) is 6.07 Å². The van der Waals surface area contributed by atoms with Crippen molar-refractivity contribution in [3.8, 4) is 0 Å². The molecule has 0 atom stereocenters. The Morgan fingerprint density at radius 1 is 1.10 bits per heavy atom. The summed E-state index contributed by atoms with van der Waals surface area (Å²) >= 11 is 0. The summed E-state index contributed by atoms with van der Waals surface area (Å²) in [4.78, 5) is 10.8. The monoisotopic (exact) mass is 276 g/mol. The summed E-state index contributed by atoms with van der Waals surface area (Å²) in [5, 5.41) is 16.3. The topological polar surface area (TPSA) is 62.0 Å². The summed E-state index contributed by atoms with van der Waals surface area (Å²) in [5.41, 5.74) is 0.466. The standard InChI is InChI=1S/C14H10F2N2O2/c1-8-5-13(12(16)7-11(8)15)18-17-10-4-2-3-9(6-10)14(19)20/h2-7H,1H3,(H,19,20). The fourth-order valence-corrected chi connectivity index (χ4v) is 1.53. The summed E-state index contributed by atoms with van der Waals surface area (Å²) in [6.07, 6.45) is 0. The van der Waals surface area contributed by atoms with E-state index in [2.05, 4.69) is 10.2 Å². The van der Waals surface area contributed by atoms with Crippen LogP contribution in [-0.4, -0.2) is 11.1 Å². The summed E-state index contributed by atoms with van der Waals surface area (Å²) < 4.78 is 26.5. The van der Waals surface area contributed by atoms with Crippen molar-refractivity contribution in [2.45, 2.75) is 6.92 Å². The molecule has 2 aromatic rings. The molecule has 0 saturated heterocycles. The quantitative estimate of drug-likeness (QED) is 0.845. The Hall–Kier alpha value is -2.63. The van der Waals surface area contributed by atoms with E-state index in [9.17, 15) is 13.6 Å². The lowest BCUT2D eigenvalue weighted by molar-refractivity contribution is 0.0697. The van der Waals surface area contributed by atoms with E-state index in [-0.39, 0.29) is 22.5 Å². The minimum absolute atomic E-state index is 0.0530. The second kappa shape index (κ2) is 5.56. The van der Waals surface area contributed by atoms with Crippen LogP contribution < -0.4 is 0 Å². The summed E-state index contributed by atoms with van der Waals surface area (Å²) in [5.74, 6) is -2.58. The molecule has 0 spiro atoms. The Bertz CT molecular complexity index is 700. The first kappa shape index (κ1) is 13.8. The normalized spacial score (nSPS) is 10.9. The third kappa shape index (κ3) is 3.03.